The minimum atomic E-state index is -5.08. The lowest BCUT2D eigenvalue weighted by Gasteiger charge is -2.38. The molecule has 1 unspecified atom stereocenters. The van der Waals surface area contributed by atoms with Gasteiger partial charge in [0, 0.05) is 28.7 Å². The molecule has 5 N–H and O–H groups in total. The molecule has 0 spiro atoms. The number of phenolic OH excluding ortho intramolecular Hbond substituents is 1. The van der Waals surface area contributed by atoms with Crippen LogP contribution in [-0.4, -0.2) is 67.6 Å². The highest BCUT2D eigenvalue weighted by molar-refractivity contribution is 5.98. The molecule has 2 heterocycles. The number of carbonyl (C=O) groups excluding carboxylic acids is 2. The number of benzene rings is 3. The first-order valence-corrected chi connectivity index (χ1v) is 14.7. The number of hydrogen-bond acceptors (Lipinski definition) is 6. The normalized spacial score (nSPS) is 16.9. The smallest absolute Gasteiger partial charge is 0.418 e. The SMILES string of the molecule is Cc1cc(NCC(O)(CC(C)(C)c2cc(F)ccc2O)C(F)(F)F)c2cnn(-c3cccc(C(=O)N4CCC[C@@H]4C(N)=O)c3)c2c1. The number of alkyl halides is 3. The Bertz CT molecular complexity index is 1800. The first-order chi connectivity index (χ1) is 21.5. The molecule has 1 aliphatic rings. The summed E-state index contributed by atoms with van der Waals surface area (Å²) in [5.74, 6) is -2.02. The summed E-state index contributed by atoms with van der Waals surface area (Å²) in [5, 5.41) is 29.0. The summed E-state index contributed by atoms with van der Waals surface area (Å²) in [6.07, 6.45) is -3.34. The Hall–Kier alpha value is -4.65. The van der Waals surface area contributed by atoms with Crippen LogP contribution in [0.4, 0.5) is 23.2 Å². The Morgan fingerprint density at radius 2 is 1.85 bits per heavy atom. The molecule has 4 aromatic rings. The van der Waals surface area contributed by atoms with Crippen molar-refractivity contribution in [3.8, 4) is 11.4 Å². The number of halogens is 4. The topological polar surface area (TPSA) is 134 Å². The number of fused-ring (bicyclic) bond motifs is 1. The Kier molecular flexibility index (Phi) is 8.49. The van der Waals surface area contributed by atoms with Gasteiger partial charge in [-0.15, -0.1) is 0 Å². The molecule has 2 amide bonds. The van der Waals surface area contributed by atoms with Gasteiger partial charge in [-0.1, -0.05) is 19.9 Å². The first-order valence-electron chi connectivity index (χ1n) is 14.7. The van der Waals surface area contributed by atoms with Gasteiger partial charge >= 0.3 is 6.18 Å². The van der Waals surface area contributed by atoms with Gasteiger partial charge in [0.15, 0.2) is 5.60 Å². The van der Waals surface area contributed by atoms with E-state index in [-0.39, 0.29) is 22.9 Å². The van der Waals surface area contributed by atoms with Crippen LogP contribution in [0.15, 0.2) is 60.8 Å². The summed E-state index contributed by atoms with van der Waals surface area (Å²) in [4.78, 5) is 26.6. The Balaban J connectivity index is 1.44. The lowest BCUT2D eigenvalue weighted by molar-refractivity contribution is -0.260. The van der Waals surface area contributed by atoms with E-state index in [1.165, 1.54) is 24.9 Å². The van der Waals surface area contributed by atoms with Crippen LogP contribution in [0.1, 0.15) is 54.6 Å². The van der Waals surface area contributed by atoms with Crippen LogP contribution in [0.5, 0.6) is 5.75 Å². The Morgan fingerprint density at radius 1 is 1.11 bits per heavy atom. The molecule has 2 atom stereocenters. The summed E-state index contributed by atoms with van der Waals surface area (Å²) in [7, 11) is 0. The quantitative estimate of drug-likeness (QED) is 0.182. The number of hydrogen-bond donors (Lipinski definition) is 4. The van der Waals surface area contributed by atoms with Gasteiger partial charge in [0.05, 0.1) is 23.9 Å². The molecule has 244 valence electrons. The van der Waals surface area contributed by atoms with Gasteiger partial charge in [0.25, 0.3) is 5.91 Å². The number of rotatable bonds is 9. The number of nitrogens with one attached hydrogen (secondary N) is 1. The summed E-state index contributed by atoms with van der Waals surface area (Å²) < 4.78 is 58.8. The van der Waals surface area contributed by atoms with Crippen LogP contribution in [0.25, 0.3) is 16.6 Å². The molecule has 46 heavy (non-hydrogen) atoms. The summed E-state index contributed by atoms with van der Waals surface area (Å²) in [6.45, 7) is 4.00. The molecule has 0 bridgehead atoms. The highest BCUT2D eigenvalue weighted by Gasteiger charge is 2.56. The Labute approximate surface area is 262 Å². The lowest BCUT2D eigenvalue weighted by Crippen LogP contribution is -2.53. The van der Waals surface area contributed by atoms with E-state index in [0.29, 0.717) is 47.1 Å². The average Bonchev–Trinajstić information content (AvgIpc) is 3.64. The van der Waals surface area contributed by atoms with Crippen LogP contribution >= 0.6 is 0 Å². The molecule has 1 aromatic heterocycles. The second kappa shape index (κ2) is 11.9. The molecular weight excluding hydrogens is 606 g/mol. The predicted molar refractivity (Wildman–Crippen MR) is 164 cm³/mol. The molecule has 0 saturated carbocycles. The van der Waals surface area contributed by atoms with Gasteiger partial charge in [-0.05, 0) is 85.7 Å². The van der Waals surface area contributed by atoms with E-state index in [1.807, 2.05) is 0 Å². The van der Waals surface area contributed by atoms with E-state index in [0.717, 1.165) is 18.2 Å². The zero-order chi connectivity index (χ0) is 33.6. The number of primary amides is 1. The van der Waals surface area contributed by atoms with Crippen LogP contribution in [-0.2, 0) is 10.2 Å². The number of amides is 2. The summed E-state index contributed by atoms with van der Waals surface area (Å²) >= 11 is 0. The number of aromatic hydroxyl groups is 1. The number of phenols is 1. The van der Waals surface area contributed by atoms with E-state index in [4.69, 9.17) is 5.73 Å². The first kappa shape index (κ1) is 32.7. The lowest BCUT2D eigenvalue weighted by atomic mass is 9.74. The predicted octanol–water partition coefficient (Wildman–Crippen LogP) is 5.34. The number of aliphatic hydroxyl groups is 1. The van der Waals surface area contributed by atoms with Crippen LogP contribution in [0.3, 0.4) is 0 Å². The van der Waals surface area contributed by atoms with Crippen molar-refractivity contribution in [3.63, 3.8) is 0 Å². The van der Waals surface area contributed by atoms with Crippen molar-refractivity contribution in [2.45, 2.75) is 63.3 Å². The summed E-state index contributed by atoms with van der Waals surface area (Å²) in [5.41, 5.74) is 3.01. The minimum Gasteiger partial charge on any atom is -0.508 e. The van der Waals surface area contributed by atoms with E-state index >= 15 is 0 Å². The molecule has 0 aliphatic carbocycles. The van der Waals surface area contributed by atoms with Crippen molar-refractivity contribution in [2.24, 2.45) is 5.73 Å². The molecular formula is C33H35F4N5O4. The number of anilines is 1. The molecule has 1 aliphatic heterocycles. The maximum atomic E-state index is 14.4. The Morgan fingerprint density at radius 3 is 2.54 bits per heavy atom. The van der Waals surface area contributed by atoms with Gasteiger partial charge in [0.2, 0.25) is 5.91 Å². The zero-order valence-corrected chi connectivity index (χ0v) is 25.5. The van der Waals surface area contributed by atoms with E-state index in [2.05, 4.69) is 10.4 Å². The van der Waals surface area contributed by atoms with Crippen molar-refractivity contribution >= 4 is 28.4 Å². The van der Waals surface area contributed by atoms with Gasteiger partial charge < -0.3 is 26.2 Å². The maximum Gasteiger partial charge on any atom is 0.418 e. The molecule has 3 aromatic carbocycles. The van der Waals surface area contributed by atoms with Crippen molar-refractivity contribution in [3.05, 3.63) is 83.3 Å². The van der Waals surface area contributed by atoms with Gasteiger partial charge in [-0.25, -0.2) is 9.07 Å². The maximum absolute atomic E-state index is 14.4. The van der Waals surface area contributed by atoms with Crippen LogP contribution < -0.4 is 11.1 Å². The third-order valence-electron chi connectivity index (χ3n) is 8.53. The van der Waals surface area contributed by atoms with Crippen molar-refractivity contribution in [1.82, 2.24) is 14.7 Å². The summed E-state index contributed by atoms with van der Waals surface area (Å²) in [6, 6.07) is 12.4. The standard InChI is InChI=1S/C33H35F4N5O4/c1-19-12-25(39-18-32(46,33(35,36)37)17-31(2,3)24-15-21(34)9-10-28(24)43)23-16-40-42(27(23)13-19)22-7-4-6-20(14-22)30(45)41-11-5-8-26(41)29(38)44/h4,6-7,9-10,12-16,26,39,43,46H,5,8,11,17-18H2,1-3H3,(H2,38,44)/t26-,32?/m1/s1. The molecule has 1 fully saturated rings. The van der Waals surface area contributed by atoms with Gasteiger partial charge in [0.1, 0.15) is 17.6 Å². The average molecular weight is 642 g/mol. The number of likely N-dealkylation sites (tertiary alicyclic amines) is 1. The minimum absolute atomic E-state index is 0.0648. The number of aryl methyl sites for hydroxylation is 1. The number of nitrogens with two attached hydrogens (primary N) is 1. The number of nitrogens with zero attached hydrogens (tertiary/aromatic N) is 3. The van der Waals surface area contributed by atoms with Gasteiger partial charge in [-0.3, -0.25) is 9.59 Å². The highest BCUT2D eigenvalue weighted by atomic mass is 19.4. The largest absolute Gasteiger partial charge is 0.508 e. The van der Waals surface area contributed by atoms with Crippen LogP contribution in [0.2, 0.25) is 0 Å². The van der Waals surface area contributed by atoms with Crippen molar-refractivity contribution in [2.75, 3.05) is 18.4 Å². The zero-order valence-electron chi connectivity index (χ0n) is 25.5. The van der Waals surface area contributed by atoms with E-state index < -0.39 is 47.9 Å². The molecule has 1 saturated heterocycles. The second-order valence-electron chi connectivity index (χ2n) is 12.5. The van der Waals surface area contributed by atoms with E-state index in [9.17, 15) is 37.4 Å². The molecule has 9 nitrogen and oxygen atoms in total. The monoisotopic (exact) mass is 641 g/mol. The number of aromatic nitrogens is 2. The fraction of sp³-hybridized carbons (Fsp3) is 0.364. The third-order valence-corrected chi connectivity index (χ3v) is 8.53. The van der Waals surface area contributed by atoms with Gasteiger partial charge in [-0.2, -0.15) is 18.3 Å². The molecule has 0 radical (unpaired) electrons. The highest BCUT2D eigenvalue weighted by Crippen LogP contribution is 2.44. The third kappa shape index (κ3) is 6.23. The van der Waals surface area contributed by atoms with Crippen molar-refractivity contribution in [1.29, 1.82) is 0 Å². The fourth-order valence-corrected chi connectivity index (χ4v) is 6.24. The van der Waals surface area contributed by atoms with Crippen molar-refractivity contribution < 1.29 is 37.4 Å². The molecule has 13 heteroatoms. The number of carbonyl (C=O) groups is 2. The molecule has 5 rings (SSSR count). The van der Waals surface area contributed by atoms with E-state index in [1.54, 1.807) is 48.0 Å². The fourth-order valence-electron chi connectivity index (χ4n) is 6.24. The van der Waals surface area contributed by atoms with Crippen LogP contribution in [0, 0.1) is 12.7 Å². The second-order valence-corrected chi connectivity index (χ2v) is 12.5.